The second-order valence-electron chi connectivity index (χ2n) is 3.21. The van der Waals surface area contributed by atoms with Gasteiger partial charge in [0.05, 0.1) is 0 Å². The highest BCUT2D eigenvalue weighted by atomic mass is 35.5. The Morgan fingerprint density at radius 1 is 1.27 bits per heavy atom. The minimum atomic E-state index is -0.118. The van der Waals surface area contributed by atoms with E-state index >= 15 is 0 Å². The van der Waals surface area contributed by atoms with Crippen LogP contribution in [0.2, 0.25) is 5.02 Å². The van der Waals surface area contributed by atoms with Crippen LogP contribution >= 0.6 is 23.2 Å². The van der Waals surface area contributed by atoms with E-state index in [-0.39, 0.29) is 11.8 Å². The molecule has 0 aromatic heterocycles. The van der Waals surface area contributed by atoms with Crippen LogP contribution < -0.4 is 5.32 Å². The SMILES string of the molecule is O=C(CCl)NCCCc1ccc(Cl)cc1. The number of carbonyl (C=O) groups is 1. The lowest BCUT2D eigenvalue weighted by Gasteiger charge is -2.03. The van der Waals surface area contributed by atoms with Gasteiger partial charge in [-0.05, 0) is 30.5 Å². The summed E-state index contributed by atoms with van der Waals surface area (Å²) in [6.45, 7) is 0.661. The molecular formula is C11H13Cl2NO. The standard InChI is InChI=1S/C11H13Cl2NO/c12-8-11(15)14-7-1-2-9-3-5-10(13)6-4-9/h3-6H,1-2,7-8H2,(H,14,15). The van der Waals surface area contributed by atoms with Gasteiger partial charge in [0.15, 0.2) is 0 Å². The van der Waals surface area contributed by atoms with Crippen LogP contribution in [-0.2, 0) is 11.2 Å². The third-order valence-corrected chi connectivity index (χ3v) is 2.49. The van der Waals surface area contributed by atoms with Crippen molar-refractivity contribution in [3.8, 4) is 0 Å². The van der Waals surface area contributed by atoms with Crippen molar-refractivity contribution < 1.29 is 4.79 Å². The van der Waals surface area contributed by atoms with Gasteiger partial charge in [-0.15, -0.1) is 11.6 Å². The van der Waals surface area contributed by atoms with Crippen molar-refractivity contribution in [2.75, 3.05) is 12.4 Å². The van der Waals surface area contributed by atoms with Gasteiger partial charge in [0.2, 0.25) is 5.91 Å². The number of amides is 1. The summed E-state index contributed by atoms with van der Waals surface area (Å²) in [6.07, 6.45) is 1.84. The van der Waals surface area contributed by atoms with Crippen molar-refractivity contribution in [1.82, 2.24) is 5.32 Å². The number of rotatable bonds is 5. The zero-order chi connectivity index (χ0) is 11.1. The quantitative estimate of drug-likeness (QED) is 0.628. The summed E-state index contributed by atoms with van der Waals surface area (Å²) in [6, 6.07) is 7.72. The van der Waals surface area contributed by atoms with Gasteiger partial charge in [0.1, 0.15) is 5.88 Å². The van der Waals surface area contributed by atoms with Crippen molar-refractivity contribution in [2.45, 2.75) is 12.8 Å². The van der Waals surface area contributed by atoms with Gasteiger partial charge in [-0.1, -0.05) is 23.7 Å². The zero-order valence-corrected chi connectivity index (χ0v) is 9.81. The molecule has 0 aliphatic carbocycles. The van der Waals surface area contributed by atoms with Crippen molar-refractivity contribution in [2.24, 2.45) is 0 Å². The second-order valence-corrected chi connectivity index (χ2v) is 3.92. The predicted molar refractivity (Wildman–Crippen MR) is 63.5 cm³/mol. The highest BCUT2D eigenvalue weighted by molar-refractivity contribution is 6.30. The molecule has 0 aliphatic rings. The molecule has 4 heteroatoms. The van der Waals surface area contributed by atoms with Crippen LogP contribution in [0.1, 0.15) is 12.0 Å². The molecule has 1 aromatic rings. The van der Waals surface area contributed by atoms with E-state index in [0.717, 1.165) is 17.9 Å². The third-order valence-electron chi connectivity index (χ3n) is 2.00. The minimum Gasteiger partial charge on any atom is -0.355 e. The summed E-state index contributed by atoms with van der Waals surface area (Å²) in [5, 5.41) is 3.46. The molecule has 0 saturated carbocycles. The average molecular weight is 246 g/mol. The summed E-state index contributed by atoms with van der Waals surface area (Å²) in [5.74, 6) is -0.0891. The molecule has 82 valence electrons. The van der Waals surface area contributed by atoms with E-state index in [1.165, 1.54) is 5.56 Å². The number of hydrogen-bond acceptors (Lipinski definition) is 1. The Balaban J connectivity index is 2.20. The van der Waals surface area contributed by atoms with Gasteiger partial charge in [0, 0.05) is 11.6 Å². The molecule has 0 bridgehead atoms. The maximum atomic E-state index is 10.8. The second kappa shape index (κ2) is 6.70. The van der Waals surface area contributed by atoms with Crippen LogP contribution in [-0.4, -0.2) is 18.3 Å². The summed E-state index contributed by atoms with van der Waals surface area (Å²) < 4.78 is 0. The third kappa shape index (κ3) is 5.05. The van der Waals surface area contributed by atoms with E-state index in [0.29, 0.717) is 6.54 Å². The Labute approximate surface area is 99.6 Å². The first-order chi connectivity index (χ1) is 7.22. The van der Waals surface area contributed by atoms with Gasteiger partial charge in [0.25, 0.3) is 0 Å². The van der Waals surface area contributed by atoms with Crippen molar-refractivity contribution in [3.63, 3.8) is 0 Å². The molecule has 0 saturated heterocycles. The molecular weight excluding hydrogens is 233 g/mol. The highest BCUT2D eigenvalue weighted by Crippen LogP contribution is 2.10. The molecule has 0 fully saturated rings. The van der Waals surface area contributed by atoms with Crippen LogP contribution in [0, 0.1) is 0 Å². The number of hydrogen-bond donors (Lipinski definition) is 1. The highest BCUT2D eigenvalue weighted by Gasteiger charge is 1.97. The fourth-order valence-electron chi connectivity index (χ4n) is 1.22. The Morgan fingerprint density at radius 2 is 1.93 bits per heavy atom. The normalized spacial score (nSPS) is 10.0. The van der Waals surface area contributed by atoms with Crippen LogP contribution in [0.3, 0.4) is 0 Å². The van der Waals surface area contributed by atoms with Crippen molar-refractivity contribution in [3.05, 3.63) is 34.9 Å². The lowest BCUT2D eigenvalue weighted by molar-refractivity contribution is -0.118. The first-order valence-corrected chi connectivity index (χ1v) is 5.70. The topological polar surface area (TPSA) is 29.1 Å². The lowest BCUT2D eigenvalue weighted by Crippen LogP contribution is -2.25. The van der Waals surface area contributed by atoms with E-state index in [9.17, 15) is 4.79 Å². The van der Waals surface area contributed by atoms with Gasteiger partial charge in [-0.2, -0.15) is 0 Å². The average Bonchev–Trinajstić information content (AvgIpc) is 2.26. The summed E-state index contributed by atoms with van der Waals surface area (Å²) in [4.78, 5) is 10.8. The van der Waals surface area contributed by atoms with Gasteiger partial charge >= 0.3 is 0 Å². The smallest absolute Gasteiger partial charge is 0.234 e. The maximum Gasteiger partial charge on any atom is 0.234 e. The Bertz CT molecular complexity index is 311. The number of carbonyl (C=O) groups excluding carboxylic acids is 1. The first kappa shape index (κ1) is 12.3. The van der Waals surface area contributed by atoms with Crippen molar-refractivity contribution in [1.29, 1.82) is 0 Å². The van der Waals surface area contributed by atoms with Gasteiger partial charge in [-0.25, -0.2) is 0 Å². The number of alkyl halides is 1. The molecule has 1 aromatic carbocycles. The van der Waals surface area contributed by atoms with Crippen LogP contribution in [0.5, 0.6) is 0 Å². The number of nitrogens with one attached hydrogen (secondary N) is 1. The van der Waals surface area contributed by atoms with Crippen LogP contribution in [0.25, 0.3) is 0 Å². The number of halogens is 2. The molecule has 0 spiro atoms. The van der Waals surface area contributed by atoms with Crippen molar-refractivity contribution >= 4 is 29.1 Å². The molecule has 1 N–H and O–H groups in total. The van der Waals surface area contributed by atoms with E-state index < -0.39 is 0 Å². The number of aryl methyl sites for hydroxylation is 1. The fraction of sp³-hybridized carbons (Fsp3) is 0.364. The summed E-state index contributed by atoms with van der Waals surface area (Å²) in [7, 11) is 0. The molecule has 0 unspecified atom stereocenters. The Kier molecular flexibility index (Phi) is 5.51. The summed E-state index contributed by atoms with van der Waals surface area (Å²) in [5.41, 5.74) is 1.22. The zero-order valence-electron chi connectivity index (χ0n) is 8.30. The molecule has 15 heavy (non-hydrogen) atoms. The monoisotopic (exact) mass is 245 g/mol. The molecule has 1 amide bonds. The summed E-state index contributed by atoms with van der Waals surface area (Å²) >= 11 is 11.1. The van der Waals surface area contributed by atoms with Crippen LogP contribution in [0.15, 0.2) is 24.3 Å². The minimum absolute atomic E-state index is 0.0287. The predicted octanol–water partition coefficient (Wildman–Crippen LogP) is 2.63. The van der Waals surface area contributed by atoms with Gasteiger partial charge in [-0.3, -0.25) is 4.79 Å². The molecule has 0 aliphatic heterocycles. The molecule has 0 heterocycles. The number of benzene rings is 1. The maximum absolute atomic E-state index is 10.8. The lowest BCUT2D eigenvalue weighted by atomic mass is 10.1. The Morgan fingerprint density at radius 3 is 2.53 bits per heavy atom. The molecule has 0 atom stereocenters. The van der Waals surface area contributed by atoms with E-state index in [1.54, 1.807) is 0 Å². The largest absolute Gasteiger partial charge is 0.355 e. The fourth-order valence-corrected chi connectivity index (χ4v) is 1.44. The van der Waals surface area contributed by atoms with E-state index in [1.807, 2.05) is 24.3 Å². The molecule has 2 nitrogen and oxygen atoms in total. The van der Waals surface area contributed by atoms with E-state index in [2.05, 4.69) is 5.32 Å². The molecule has 1 rings (SSSR count). The first-order valence-electron chi connectivity index (χ1n) is 4.79. The van der Waals surface area contributed by atoms with E-state index in [4.69, 9.17) is 23.2 Å². The van der Waals surface area contributed by atoms with Crippen LogP contribution in [0.4, 0.5) is 0 Å². The van der Waals surface area contributed by atoms with Gasteiger partial charge < -0.3 is 5.32 Å². The Hall–Kier alpha value is -0.730. The molecule has 0 radical (unpaired) electrons.